The highest BCUT2D eigenvalue weighted by Crippen LogP contribution is 2.17. The first-order valence-corrected chi connectivity index (χ1v) is 9.27. The van der Waals surface area contributed by atoms with Crippen molar-refractivity contribution in [3.63, 3.8) is 0 Å². The predicted molar refractivity (Wildman–Crippen MR) is 107 cm³/mol. The molecule has 1 amide bonds. The number of rotatable bonds is 4. The molecular weight excluding hydrogens is 342 g/mol. The lowest BCUT2D eigenvalue weighted by Gasteiger charge is -2.43. The first-order chi connectivity index (χ1) is 12.8. The van der Waals surface area contributed by atoms with Gasteiger partial charge in [-0.3, -0.25) is 14.7 Å². The van der Waals surface area contributed by atoms with Gasteiger partial charge >= 0.3 is 0 Å². The van der Waals surface area contributed by atoms with Gasteiger partial charge in [0.25, 0.3) is 0 Å². The van der Waals surface area contributed by atoms with Crippen LogP contribution in [0.15, 0.2) is 23.2 Å². The Bertz CT molecular complexity index is 847. The average Bonchev–Trinajstić information content (AvgIpc) is 3.04. The number of carbonyl (C=O) groups is 1. The highest BCUT2D eigenvalue weighted by molar-refractivity contribution is 5.84. The number of nitrogens with two attached hydrogens (primary N) is 1. The number of aryl methyl sites for hydroxylation is 1. The van der Waals surface area contributed by atoms with E-state index in [1.165, 1.54) is 5.56 Å². The van der Waals surface area contributed by atoms with Crippen molar-refractivity contribution in [1.29, 1.82) is 0 Å². The third kappa shape index (κ3) is 4.05. The minimum Gasteiger partial charge on any atom is -0.368 e. The molecule has 2 heterocycles. The number of nitrogens with one attached hydrogen (secondary N) is 2. The Kier molecular flexibility index (Phi) is 5.36. The summed E-state index contributed by atoms with van der Waals surface area (Å²) in [5.41, 5.74) is 8.12. The van der Waals surface area contributed by atoms with Gasteiger partial charge in [0.1, 0.15) is 5.82 Å². The molecule has 0 atom stereocenters. The Morgan fingerprint density at radius 3 is 2.67 bits per heavy atom. The summed E-state index contributed by atoms with van der Waals surface area (Å²) in [6.45, 7) is 9.50. The molecule has 0 aliphatic carbocycles. The zero-order valence-corrected chi connectivity index (χ0v) is 16.5. The van der Waals surface area contributed by atoms with E-state index in [0.29, 0.717) is 6.54 Å². The van der Waals surface area contributed by atoms with Crippen LogP contribution in [0.1, 0.15) is 25.2 Å². The largest absolute Gasteiger partial charge is 0.368 e. The molecule has 8 heteroatoms. The Balaban J connectivity index is 1.59. The molecule has 27 heavy (non-hydrogen) atoms. The predicted octanol–water partition coefficient (Wildman–Crippen LogP) is 0.828. The molecule has 1 fully saturated rings. The molecule has 8 nitrogen and oxygen atoms in total. The van der Waals surface area contributed by atoms with Gasteiger partial charge in [-0.1, -0.05) is 6.07 Å². The second-order valence-corrected chi connectivity index (χ2v) is 7.50. The fraction of sp³-hybridized carbons (Fsp3) is 0.526. The monoisotopic (exact) mass is 371 g/mol. The third-order valence-corrected chi connectivity index (χ3v) is 5.28. The number of imidazole rings is 1. The average molecular weight is 371 g/mol. The summed E-state index contributed by atoms with van der Waals surface area (Å²) < 4.78 is 0. The number of H-pyrrole nitrogens is 1. The van der Waals surface area contributed by atoms with Gasteiger partial charge < -0.3 is 20.9 Å². The van der Waals surface area contributed by atoms with Crippen molar-refractivity contribution >= 4 is 22.9 Å². The summed E-state index contributed by atoms with van der Waals surface area (Å²) in [6, 6.07) is 6.19. The summed E-state index contributed by atoms with van der Waals surface area (Å²) in [5, 5.41) is 3.38. The second kappa shape index (κ2) is 7.56. The Morgan fingerprint density at radius 1 is 1.33 bits per heavy atom. The fourth-order valence-corrected chi connectivity index (χ4v) is 3.39. The van der Waals surface area contributed by atoms with Crippen LogP contribution in [0.4, 0.5) is 0 Å². The van der Waals surface area contributed by atoms with E-state index < -0.39 is 5.54 Å². The first kappa shape index (κ1) is 19.2. The molecule has 1 aliphatic rings. The smallest absolute Gasteiger partial charge is 0.237 e. The first-order valence-electron chi connectivity index (χ1n) is 9.27. The van der Waals surface area contributed by atoms with Gasteiger partial charge in [0.05, 0.1) is 23.1 Å². The van der Waals surface area contributed by atoms with Crippen LogP contribution >= 0.6 is 0 Å². The van der Waals surface area contributed by atoms with Gasteiger partial charge in [-0.15, -0.1) is 0 Å². The van der Waals surface area contributed by atoms with Crippen LogP contribution in [0, 0.1) is 6.92 Å². The van der Waals surface area contributed by atoms with Crippen LogP contribution in [0.2, 0.25) is 0 Å². The zero-order chi connectivity index (χ0) is 19.6. The molecule has 1 aromatic heterocycles. The van der Waals surface area contributed by atoms with Crippen LogP contribution < -0.4 is 11.1 Å². The molecule has 0 radical (unpaired) electrons. The maximum atomic E-state index is 11.7. The van der Waals surface area contributed by atoms with Gasteiger partial charge in [0.2, 0.25) is 5.91 Å². The van der Waals surface area contributed by atoms with Crippen molar-refractivity contribution in [3.05, 3.63) is 29.6 Å². The van der Waals surface area contributed by atoms with Gasteiger partial charge in [0.15, 0.2) is 5.96 Å². The molecule has 0 spiro atoms. The van der Waals surface area contributed by atoms with Crippen LogP contribution in [-0.4, -0.2) is 70.4 Å². The lowest BCUT2D eigenvalue weighted by molar-refractivity contribution is -0.129. The van der Waals surface area contributed by atoms with Gasteiger partial charge in [-0.25, -0.2) is 4.98 Å². The third-order valence-electron chi connectivity index (χ3n) is 5.28. The van der Waals surface area contributed by atoms with Crippen LogP contribution in [0.3, 0.4) is 0 Å². The second-order valence-electron chi connectivity index (χ2n) is 7.50. The van der Waals surface area contributed by atoms with Gasteiger partial charge in [-0.05, 0) is 38.5 Å². The van der Waals surface area contributed by atoms with Gasteiger partial charge in [-0.2, -0.15) is 0 Å². The minimum atomic E-state index is -0.630. The standard InChI is InChI=1S/C19H29N7O/c1-13-5-6-14-15(11-13)24-16(23-14)12-22-18(21-4)25-7-9-26(10-8-25)19(2,3)17(20)27/h5-6,11H,7-10,12H2,1-4H3,(H2,20,27)(H,21,22)(H,23,24). The Hall–Kier alpha value is -2.61. The van der Waals surface area contributed by atoms with Crippen LogP contribution in [-0.2, 0) is 11.3 Å². The van der Waals surface area contributed by atoms with Crippen LogP contribution in [0.5, 0.6) is 0 Å². The van der Waals surface area contributed by atoms with E-state index in [1.54, 1.807) is 7.05 Å². The zero-order valence-electron chi connectivity index (χ0n) is 16.5. The summed E-state index contributed by atoms with van der Waals surface area (Å²) in [4.78, 5) is 28.4. The molecular formula is C19H29N7O. The SMILES string of the molecule is CN=C(NCc1nc2ccc(C)cc2[nH]1)N1CCN(C(C)(C)C(N)=O)CC1. The Morgan fingerprint density at radius 2 is 2.04 bits per heavy atom. The highest BCUT2D eigenvalue weighted by Gasteiger charge is 2.35. The van der Waals surface area contributed by atoms with Gasteiger partial charge in [0, 0.05) is 33.2 Å². The molecule has 3 rings (SSSR count). The number of primary amides is 1. The van der Waals surface area contributed by atoms with Crippen LogP contribution in [0.25, 0.3) is 11.0 Å². The molecule has 1 saturated heterocycles. The number of aliphatic imine (C=N–C) groups is 1. The van der Waals surface area contributed by atoms with E-state index in [0.717, 1.165) is 49.0 Å². The van der Waals surface area contributed by atoms with E-state index in [4.69, 9.17) is 5.73 Å². The quantitative estimate of drug-likeness (QED) is 0.546. The van der Waals surface area contributed by atoms with E-state index in [9.17, 15) is 4.79 Å². The molecule has 0 saturated carbocycles. The summed E-state index contributed by atoms with van der Waals surface area (Å²) >= 11 is 0. The lowest BCUT2D eigenvalue weighted by Crippen LogP contribution is -2.61. The normalized spacial score (nSPS) is 16.7. The minimum absolute atomic E-state index is 0.293. The van der Waals surface area contributed by atoms with Crippen molar-refractivity contribution in [2.75, 3.05) is 33.2 Å². The van der Waals surface area contributed by atoms with E-state index in [-0.39, 0.29) is 5.91 Å². The lowest BCUT2D eigenvalue weighted by atomic mass is 10.0. The number of carbonyl (C=O) groups excluding carboxylic acids is 1. The number of aromatic amines is 1. The number of fused-ring (bicyclic) bond motifs is 1. The van der Waals surface area contributed by atoms with Crippen molar-refractivity contribution in [2.24, 2.45) is 10.7 Å². The summed E-state index contributed by atoms with van der Waals surface area (Å²) in [7, 11) is 1.78. The topological polar surface area (TPSA) is 103 Å². The molecule has 0 unspecified atom stereocenters. The maximum absolute atomic E-state index is 11.7. The number of benzene rings is 1. The number of guanidine groups is 1. The molecule has 2 aromatic rings. The van der Waals surface area contributed by atoms with Crippen molar-refractivity contribution in [2.45, 2.75) is 32.9 Å². The molecule has 4 N–H and O–H groups in total. The van der Waals surface area contributed by atoms with E-state index >= 15 is 0 Å². The summed E-state index contributed by atoms with van der Waals surface area (Å²) in [6.07, 6.45) is 0. The molecule has 146 valence electrons. The van der Waals surface area contributed by atoms with Crippen molar-refractivity contribution in [1.82, 2.24) is 25.1 Å². The van der Waals surface area contributed by atoms with Crippen molar-refractivity contribution < 1.29 is 4.79 Å². The van der Waals surface area contributed by atoms with Crippen molar-refractivity contribution in [3.8, 4) is 0 Å². The number of aromatic nitrogens is 2. The number of amides is 1. The molecule has 1 aromatic carbocycles. The number of nitrogens with zero attached hydrogens (tertiary/aromatic N) is 4. The van der Waals surface area contributed by atoms with E-state index in [2.05, 4.69) is 49.1 Å². The highest BCUT2D eigenvalue weighted by atomic mass is 16.1. The number of piperazine rings is 1. The van der Waals surface area contributed by atoms with E-state index in [1.807, 2.05) is 19.9 Å². The number of hydrogen-bond acceptors (Lipinski definition) is 4. The fourth-order valence-electron chi connectivity index (χ4n) is 3.39. The molecule has 0 bridgehead atoms. The maximum Gasteiger partial charge on any atom is 0.237 e. The molecule has 1 aliphatic heterocycles. The Labute approximate surface area is 159 Å². The number of hydrogen-bond donors (Lipinski definition) is 3. The summed E-state index contributed by atoms with van der Waals surface area (Å²) in [5.74, 6) is 1.42.